The maximum Gasteiger partial charge on any atom is 0.263 e. The number of benzene rings is 1. The molecule has 28 heavy (non-hydrogen) atoms. The van der Waals surface area contributed by atoms with Gasteiger partial charge in [-0.25, -0.2) is 0 Å². The number of ether oxygens (including phenoxy) is 2. The number of fused-ring (bicyclic) bond motifs is 3. The molecule has 2 aromatic rings. The number of rotatable bonds is 3. The minimum atomic E-state index is 0. The normalized spacial score (nSPS) is 25.1. The van der Waals surface area contributed by atoms with Crippen LogP contribution in [0.4, 0.5) is 0 Å². The molecule has 1 amide bonds. The van der Waals surface area contributed by atoms with E-state index in [1.54, 1.807) is 11.3 Å². The van der Waals surface area contributed by atoms with Gasteiger partial charge >= 0.3 is 0 Å². The molecular weight excluding hydrogens is 396 g/mol. The Bertz CT molecular complexity index is 859. The lowest BCUT2D eigenvalue weighted by molar-refractivity contribution is 0.0686. The van der Waals surface area contributed by atoms with Crippen LogP contribution < -0.4 is 14.8 Å². The van der Waals surface area contributed by atoms with E-state index in [0.717, 1.165) is 39.7 Å². The van der Waals surface area contributed by atoms with Crippen LogP contribution in [0.1, 0.15) is 35.4 Å². The molecule has 1 aromatic carbocycles. The Morgan fingerprint density at radius 3 is 2.54 bits per heavy atom. The molecule has 5 nitrogen and oxygen atoms in total. The first-order valence-electron chi connectivity index (χ1n) is 9.70. The summed E-state index contributed by atoms with van der Waals surface area (Å²) in [7, 11) is 1.96. The molecule has 0 spiro atoms. The topological polar surface area (TPSA) is 50.8 Å². The molecule has 2 bridgehead atoms. The Hall–Kier alpha value is -1.76. The third-order valence-corrected chi connectivity index (χ3v) is 7.08. The summed E-state index contributed by atoms with van der Waals surface area (Å²) in [6.07, 6.45) is 4.63. The molecule has 0 radical (unpaired) electrons. The van der Waals surface area contributed by atoms with Gasteiger partial charge in [-0.3, -0.25) is 4.79 Å². The van der Waals surface area contributed by atoms with Crippen molar-refractivity contribution in [2.45, 2.75) is 43.8 Å². The van der Waals surface area contributed by atoms with E-state index in [9.17, 15) is 4.79 Å². The fraction of sp³-hybridized carbons (Fsp3) is 0.476. The molecule has 2 fully saturated rings. The van der Waals surface area contributed by atoms with Gasteiger partial charge < -0.3 is 19.7 Å². The number of nitrogens with zero attached hydrogens (tertiary/aromatic N) is 1. The zero-order valence-electron chi connectivity index (χ0n) is 15.8. The molecule has 150 valence electrons. The Morgan fingerprint density at radius 1 is 1.07 bits per heavy atom. The van der Waals surface area contributed by atoms with Crippen molar-refractivity contribution >= 4 is 29.7 Å². The highest BCUT2D eigenvalue weighted by molar-refractivity contribution is 7.17. The lowest BCUT2D eigenvalue weighted by Crippen LogP contribution is -2.48. The first kappa shape index (κ1) is 19.6. The second-order valence-corrected chi connectivity index (χ2v) is 8.79. The van der Waals surface area contributed by atoms with Gasteiger partial charge in [-0.2, -0.15) is 0 Å². The number of hydrogen-bond acceptors (Lipinski definition) is 5. The molecule has 2 atom stereocenters. The number of thiophene rings is 1. The minimum Gasteiger partial charge on any atom is -0.486 e. The number of carbonyl (C=O) groups excluding carboxylic acids is 1. The third kappa shape index (κ3) is 3.61. The van der Waals surface area contributed by atoms with Crippen molar-refractivity contribution in [3.05, 3.63) is 35.2 Å². The Morgan fingerprint density at radius 2 is 1.79 bits per heavy atom. The SMILES string of the molecule is CN(C(=O)c1ccc(-c2ccc3c(c2)OCCO3)s1)C1CC2CCC(C1)N2.Cl. The highest BCUT2D eigenvalue weighted by Gasteiger charge is 2.36. The van der Waals surface area contributed by atoms with E-state index in [1.807, 2.05) is 42.3 Å². The van der Waals surface area contributed by atoms with Crippen LogP contribution in [0, 0.1) is 0 Å². The van der Waals surface area contributed by atoms with E-state index < -0.39 is 0 Å². The third-order valence-electron chi connectivity index (χ3n) is 5.96. The van der Waals surface area contributed by atoms with Crippen LogP contribution in [-0.2, 0) is 0 Å². The monoisotopic (exact) mass is 420 g/mol. The summed E-state index contributed by atoms with van der Waals surface area (Å²) < 4.78 is 11.3. The van der Waals surface area contributed by atoms with E-state index in [-0.39, 0.29) is 18.3 Å². The Labute approximate surface area is 175 Å². The fourth-order valence-electron chi connectivity index (χ4n) is 4.49. The number of piperidine rings is 1. The summed E-state index contributed by atoms with van der Waals surface area (Å²) in [6.45, 7) is 1.17. The maximum atomic E-state index is 13.0. The van der Waals surface area contributed by atoms with Crippen LogP contribution in [0.5, 0.6) is 11.5 Å². The summed E-state index contributed by atoms with van der Waals surface area (Å²) >= 11 is 1.55. The molecule has 3 aliphatic heterocycles. The van der Waals surface area contributed by atoms with Crippen LogP contribution in [0.25, 0.3) is 10.4 Å². The quantitative estimate of drug-likeness (QED) is 0.816. The van der Waals surface area contributed by atoms with Crippen LogP contribution in [0.15, 0.2) is 30.3 Å². The highest BCUT2D eigenvalue weighted by Crippen LogP contribution is 2.37. The predicted octanol–water partition coefficient (Wildman–Crippen LogP) is 3.96. The average Bonchev–Trinajstić information content (AvgIpc) is 3.33. The molecule has 4 heterocycles. The summed E-state index contributed by atoms with van der Waals surface area (Å²) in [5, 5.41) is 3.65. The molecule has 2 saturated heterocycles. The zero-order chi connectivity index (χ0) is 18.4. The number of halogens is 1. The van der Waals surface area contributed by atoms with Crippen molar-refractivity contribution in [1.82, 2.24) is 10.2 Å². The van der Waals surface area contributed by atoms with Gasteiger partial charge in [-0.05, 0) is 61.6 Å². The minimum absolute atomic E-state index is 0. The maximum absolute atomic E-state index is 13.0. The van der Waals surface area contributed by atoms with Gasteiger partial charge in [0, 0.05) is 30.1 Å². The molecule has 0 aliphatic carbocycles. The number of carbonyl (C=O) groups is 1. The van der Waals surface area contributed by atoms with Gasteiger partial charge in [0.2, 0.25) is 0 Å². The predicted molar refractivity (Wildman–Crippen MR) is 113 cm³/mol. The van der Waals surface area contributed by atoms with Gasteiger partial charge in [0.1, 0.15) is 13.2 Å². The summed E-state index contributed by atoms with van der Waals surface area (Å²) in [4.78, 5) is 16.9. The van der Waals surface area contributed by atoms with Gasteiger partial charge in [0.25, 0.3) is 5.91 Å². The van der Waals surface area contributed by atoms with Crippen LogP contribution in [-0.4, -0.2) is 49.2 Å². The highest BCUT2D eigenvalue weighted by atomic mass is 35.5. The van der Waals surface area contributed by atoms with E-state index >= 15 is 0 Å². The molecule has 7 heteroatoms. The lowest BCUT2D eigenvalue weighted by Gasteiger charge is -2.35. The Kier molecular flexibility index (Phi) is 5.54. The first-order chi connectivity index (χ1) is 13.2. The standard InChI is InChI=1S/C21H24N2O3S.ClH/c1-23(16-11-14-3-4-15(12-16)22-14)21(24)20-7-6-19(27-20)13-2-5-17-18(10-13)26-9-8-25-17;/h2,5-7,10,14-16,22H,3-4,8-9,11-12H2,1H3;1H. The largest absolute Gasteiger partial charge is 0.486 e. The van der Waals surface area contributed by atoms with Gasteiger partial charge in [-0.15, -0.1) is 23.7 Å². The van der Waals surface area contributed by atoms with Crippen molar-refractivity contribution < 1.29 is 14.3 Å². The second kappa shape index (κ2) is 7.93. The van der Waals surface area contributed by atoms with Crippen molar-refractivity contribution in [3.8, 4) is 21.9 Å². The molecule has 3 aliphatic rings. The van der Waals surface area contributed by atoms with Crippen LogP contribution in [0.2, 0.25) is 0 Å². The molecular formula is C21H25ClN2O3S. The van der Waals surface area contributed by atoms with E-state index in [1.165, 1.54) is 12.8 Å². The molecule has 5 rings (SSSR count). The molecule has 2 unspecified atom stereocenters. The van der Waals surface area contributed by atoms with Crippen molar-refractivity contribution in [2.75, 3.05) is 20.3 Å². The summed E-state index contributed by atoms with van der Waals surface area (Å²) in [6, 6.07) is 11.5. The van der Waals surface area contributed by atoms with Crippen LogP contribution in [0.3, 0.4) is 0 Å². The lowest BCUT2D eigenvalue weighted by atomic mass is 9.98. The number of nitrogens with one attached hydrogen (secondary N) is 1. The zero-order valence-corrected chi connectivity index (χ0v) is 17.5. The second-order valence-electron chi connectivity index (χ2n) is 7.70. The number of amides is 1. The van der Waals surface area contributed by atoms with Crippen LogP contribution >= 0.6 is 23.7 Å². The molecule has 1 N–H and O–H groups in total. The van der Waals surface area contributed by atoms with E-state index in [2.05, 4.69) is 5.32 Å². The van der Waals surface area contributed by atoms with Gasteiger partial charge in [0.15, 0.2) is 11.5 Å². The first-order valence-corrected chi connectivity index (χ1v) is 10.5. The number of hydrogen-bond donors (Lipinski definition) is 1. The van der Waals surface area contributed by atoms with Gasteiger partial charge in [-0.1, -0.05) is 0 Å². The average molecular weight is 421 g/mol. The summed E-state index contributed by atoms with van der Waals surface area (Å²) in [5.74, 6) is 1.70. The Balaban J connectivity index is 0.00000192. The fourth-order valence-corrected chi connectivity index (χ4v) is 5.47. The molecule has 0 saturated carbocycles. The van der Waals surface area contributed by atoms with E-state index in [0.29, 0.717) is 31.3 Å². The van der Waals surface area contributed by atoms with Crippen molar-refractivity contribution in [3.63, 3.8) is 0 Å². The smallest absolute Gasteiger partial charge is 0.263 e. The molecule has 1 aromatic heterocycles. The van der Waals surface area contributed by atoms with Crippen molar-refractivity contribution in [2.24, 2.45) is 0 Å². The summed E-state index contributed by atoms with van der Waals surface area (Å²) in [5.41, 5.74) is 1.06. The van der Waals surface area contributed by atoms with Gasteiger partial charge in [0.05, 0.1) is 4.88 Å². The van der Waals surface area contributed by atoms with Crippen molar-refractivity contribution in [1.29, 1.82) is 0 Å². The van der Waals surface area contributed by atoms with E-state index in [4.69, 9.17) is 9.47 Å².